The van der Waals surface area contributed by atoms with Crippen LogP contribution in [0.1, 0.15) is 25.7 Å². The molecule has 6 heteroatoms. The van der Waals surface area contributed by atoms with Crippen LogP contribution in [0.5, 0.6) is 0 Å². The summed E-state index contributed by atoms with van der Waals surface area (Å²) in [6, 6.07) is 1.60. The van der Waals surface area contributed by atoms with Crippen molar-refractivity contribution in [3.63, 3.8) is 0 Å². The van der Waals surface area contributed by atoms with Crippen molar-refractivity contribution in [2.75, 3.05) is 18.5 Å². The first kappa shape index (κ1) is 12.8. The predicted molar refractivity (Wildman–Crippen MR) is 67.6 cm³/mol. The van der Waals surface area contributed by atoms with Gasteiger partial charge >= 0.3 is 5.69 Å². The first-order valence-electron chi connectivity index (χ1n) is 6.21. The zero-order valence-electron chi connectivity index (χ0n) is 10.2. The second kappa shape index (κ2) is 6.30. The minimum absolute atomic E-state index is 0.00151. The summed E-state index contributed by atoms with van der Waals surface area (Å²) < 4.78 is 5.68. The first-order valence-corrected chi connectivity index (χ1v) is 6.21. The third kappa shape index (κ3) is 3.40. The summed E-state index contributed by atoms with van der Waals surface area (Å²) in [5.41, 5.74) is 0.489. The number of nitrogens with zero attached hydrogens (tertiary/aromatic N) is 2. The van der Waals surface area contributed by atoms with Crippen molar-refractivity contribution in [2.24, 2.45) is 0 Å². The zero-order valence-corrected chi connectivity index (χ0v) is 10.2. The number of aromatic nitrogens is 1. The van der Waals surface area contributed by atoms with E-state index in [0.717, 1.165) is 12.8 Å². The quantitative estimate of drug-likeness (QED) is 0.477. The lowest BCUT2D eigenvalue weighted by Gasteiger charge is -2.11. The normalized spacial score (nSPS) is 15.8. The van der Waals surface area contributed by atoms with Crippen molar-refractivity contribution in [2.45, 2.75) is 31.8 Å². The van der Waals surface area contributed by atoms with E-state index in [2.05, 4.69) is 10.3 Å². The van der Waals surface area contributed by atoms with E-state index in [-0.39, 0.29) is 5.69 Å². The van der Waals surface area contributed by atoms with Crippen molar-refractivity contribution < 1.29 is 9.66 Å². The molecule has 6 nitrogen and oxygen atoms in total. The molecule has 1 saturated carbocycles. The molecular weight excluding hydrogens is 234 g/mol. The maximum absolute atomic E-state index is 10.8. The average molecular weight is 251 g/mol. The molecule has 1 aromatic rings. The van der Waals surface area contributed by atoms with Gasteiger partial charge in [-0.1, -0.05) is 12.8 Å². The average Bonchev–Trinajstić information content (AvgIpc) is 2.88. The summed E-state index contributed by atoms with van der Waals surface area (Å²) in [5.74, 6) is 0. The van der Waals surface area contributed by atoms with Crippen LogP contribution in [0.4, 0.5) is 11.4 Å². The highest BCUT2D eigenvalue weighted by molar-refractivity contribution is 5.59. The Balaban J connectivity index is 1.77. The molecule has 0 atom stereocenters. The fraction of sp³-hybridized carbons (Fsp3) is 0.583. The molecule has 1 fully saturated rings. The highest BCUT2D eigenvalue weighted by Crippen LogP contribution is 2.22. The number of hydrogen-bond donors (Lipinski definition) is 1. The van der Waals surface area contributed by atoms with E-state index in [0.29, 0.717) is 24.9 Å². The highest BCUT2D eigenvalue weighted by atomic mass is 16.6. The van der Waals surface area contributed by atoms with Gasteiger partial charge in [-0.05, 0) is 18.9 Å². The van der Waals surface area contributed by atoms with Crippen LogP contribution in [0.15, 0.2) is 18.5 Å². The van der Waals surface area contributed by atoms with E-state index in [1.807, 2.05) is 0 Å². The lowest BCUT2D eigenvalue weighted by molar-refractivity contribution is -0.384. The third-order valence-corrected chi connectivity index (χ3v) is 3.07. The Hall–Kier alpha value is -1.69. The monoisotopic (exact) mass is 251 g/mol. The molecule has 0 aromatic carbocycles. The second-order valence-corrected chi connectivity index (χ2v) is 4.35. The van der Waals surface area contributed by atoms with E-state index in [1.165, 1.54) is 25.2 Å². The molecule has 0 bridgehead atoms. The molecule has 1 aromatic heterocycles. The van der Waals surface area contributed by atoms with Gasteiger partial charge in [-0.2, -0.15) is 0 Å². The van der Waals surface area contributed by atoms with Gasteiger partial charge < -0.3 is 10.1 Å². The minimum Gasteiger partial charge on any atom is -0.377 e. The molecule has 1 aliphatic rings. The van der Waals surface area contributed by atoms with Crippen LogP contribution in [0.25, 0.3) is 0 Å². The van der Waals surface area contributed by atoms with Gasteiger partial charge in [0.1, 0.15) is 11.9 Å². The van der Waals surface area contributed by atoms with Crippen LogP contribution in [0, 0.1) is 10.1 Å². The van der Waals surface area contributed by atoms with Crippen molar-refractivity contribution in [3.05, 3.63) is 28.6 Å². The number of nitrogens with one attached hydrogen (secondary N) is 1. The van der Waals surface area contributed by atoms with Crippen LogP contribution >= 0.6 is 0 Å². The Morgan fingerprint density at radius 3 is 3.00 bits per heavy atom. The predicted octanol–water partition coefficient (Wildman–Crippen LogP) is 2.36. The summed E-state index contributed by atoms with van der Waals surface area (Å²) in [4.78, 5) is 14.1. The van der Waals surface area contributed by atoms with Crippen LogP contribution in [0.2, 0.25) is 0 Å². The molecule has 0 unspecified atom stereocenters. The number of rotatable bonds is 6. The molecule has 1 aliphatic carbocycles. The second-order valence-electron chi connectivity index (χ2n) is 4.35. The van der Waals surface area contributed by atoms with Gasteiger partial charge in [-0.3, -0.25) is 15.1 Å². The molecule has 1 N–H and O–H groups in total. The SMILES string of the molecule is O=[N+]([O-])c1cnccc1NCCOC1CCCC1. The number of nitro groups is 1. The van der Waals surface area contributed by atoms with E-state index >= 15 is 0 Å². The highest BCUT2D eigenvalue weighted by Gasteiger charge is 2.15. The molecule has 2 rings (SSSR count). The summed E-state index contributed by atoms with van der Waals surface area (Å²) >= 11 is 0. The molecule has 0 spiro atoms. The number of pyridine rings is 1. The van der Waals surface area contributed by atoms with Gasteiger partial charge in [0.15, 0.2) is 0 Å². The minimum atomic E-state index is -0.437. The Kier molecular flexibility index (Phi) is 4.46. The standard InChI is InChI=1S/C12H17N3O3/c16-15(17)12-9-13-6-5-11(12)14-7-8-18-10-3-1-2-4-10/h5-6,9-10H,1-4,7-8H2,(H,13,14). The van der Waals surface area contributed by atoms with Gasteiger partial charge in [-0.15, -0.1) is 0 Å². The maximum atomic E-state index is 10.8. The largest absolute Gasteiger partial charge is 0.377 e. The lowest BCUT2D eigenvalue weighted by Crippen LogP contribution is -2.15. The van der Waals surface area contributed by atoms with E-state index in [4.69, 9.17) is 4.74 Å². The van der Waals surface area contributed by atoms with Crippen molar-refractivity contribution in [1.29, 1.82) is 0 Å². The third-order valence-electron chi connectivity index (χ3n) is 3.07. The molecule has 18 heavy (non-hydrogen) atoms. The Bertz CT molecular complexity index is 405. The number of ether oxygens (including phenoxy) is 1. The zero-order chi connectivity index (χ0) is 12.8. The molecule has 98 valence electrons. The molecule has 1 heterocycles. The molecule has 0 aliphatic heterocycles. The van der Waals surface area contributed by atoms with E-state index in [9.17, 15) is 10.1 Å². The van der Waals surface area contributed by atoms with Crippen LogP contribution < -0.4 is 5.32 Å². The Morgan fingerprint density at radius 1 is 1.50 bits per heavy atom. The number of anilines is 1. The van der Waals surface area contributed by atoms with Crippen molar-refractivity contribution in [1.82, 2.24) is 4.98 Å². The fourth-order valence-electron chi connectivity index (χ4n) is 2.15. The van der Waals surface area contributed by atoms with Gasteiger partial charge in [-0.25, -0.2) is 0 Å². The van der Waals surface area contributed by atoms with Crippen molar-refractivity contribution >= 4 is 11.4 Å². The first-order chi connectivity index (χ1) is 8.77. The van der Waals surface area contributed by atoms with Crippen molar-refractivity contribution in [3.8, 4) is 0 Å². The van der Waals surface area contributed by atoms with Crippen LogP contribution in [0.3, 0.4) is 0 Å². The number of hydrogen-bond acceptors (Lipinski definition) is 5. The smallest absolute Gasteiger partial charge is 0.310 e. The summed E-state index contributed by atoms with van der Waals surface area (Å²) in [6.07, 6.45) is 7.92. The lowest BCUT2D eigenvalue weighted by atomic mass is 10.3. The summed E-state index contributed by atoms with van der Waals surface area (Å²) in [6.45, 7) is 1.14. The Morgan fingerprint density at radius 2 is 2.28 bits per heavy atom. The van der Waals surface area contributed by atoms with Gasteiger partial charge in [0.25, 0.3) is 0 Å². The van der Waals surface area contributed by atoms with Crippen LogP contribution in [-0.4, -0.2) is 29.2 Å². The molecular formula is C12H17N3O3. The topological polar surface area (TPSA) is 77.3 Å². The molecule has 0 radical (unpaired) electrons. The Labute approximate surface area is 106 Å². The summed E-state index contributed by atoms with van der Waals surface area (Å²) in [7, 11) is 0. The summed E-state index contributed by atoms with van der Waals surface area (Å²) in [5, 5.41) is 13.8. The maximum Gasteiger partial charge on any atom is 0.310 e. The van der Waals surface area contributed by atoms with E-state index in [1.54, 1.807) is 6.07 Å². The molecule has 0 saturated heterocycles. The molecule has 0 amide bonds. The van der Waals surface area contributed by atoms with Gasteiger partial charge in [0.05, 0.1) is 17.6 Å². The van der Waals surface area contributed by atoms with Gasteiger partial charge in [0.2, 0.25) is 0 Å². The van der Waals surface area contributed by atoms with E-state index < -0.39 is 4.92 Å². The van der Waals surface area contributed by atoms with Crippen LogP contribution in [-0.2, 0) is 4.74 Å². The fourth-order valence-corrected chi connectivity index (χ4v) is 2.15. The van der Waals surface area contributed by atoms with Gasteiger partial charge in [0, 0.05) is 12.7 Å².